The number of benzene rings is 2. The number of carbonyl (C=O) groups is 1. The summed E-state index contributed by atoms with van der Waals surface area (Å²) in [7, 11) is 3.28. The van der Waals surface area contributed by atoms with Crippen molar-refractivity contribution in [2.24, 2.45) is 0 Å². The van der Waals surface area contributed by atoms with E-state index in [-0.39, 0.29) is 18.1 Å². The van der Waals surface area contributed by atoms with Crippen LogP contribution in [0.1, 0.15) is 41.6 Å². The SMILES string of the molecule is COc1ccc(C2(CNC(=O)c3ccc4c(c3)OCO4)CCCC2)cc1OC. The lowest BCUT2D eigenvalue weighted by Gasteiger charge is -2.30. The van der Waals surface area contributed by atoms with E-state index in [1.54, 1.807) is 32.4 Å². The van der Waals surface area contributed by atoms with Gasteiger partial charge in [0, 0.05) is 17.5 Å². The molecule has 0 aromatic heterocycles. The van der Waals surface area contributed by atoms with Crippen molar-refractivity contribution in [2.45, 2.75) is 31.1 Å². The summed E-state index contributed by atoms with van der Waals surface area (Å²) in [5, 5.41) is 3.13. The number of methoxy groups -OCH3 is 2. The quantitative estimate of drug-likeness (QED) is 0.824. The van der Waals surface area contributed by atoms with Gasteiger partial charge in [0.2, 0.25) is 6.79 Å². The number of nitrogens with one attached hydrogen (secondary N) is 1. The summed E-state index contributed by atoms with van der Waals surface area (Å²) in [5.74, 6) is 2.61. The molecular weight excluding hydrogens is 358 g/mol. The Morgan fingerprint density at radius 3 is 2.50 bits per heavy atom. The smallest absolute Gasteiger partial charge is 0.251 e. The van der Waals surface area contributed by atoms with Crippen LogP contribution in [0.5, 0.6) is 23.0 Å². The molecule has 2 aliphatic rings. The molecule has 2 aromatic carbocycles. The van der Waals surface area contributed by atoms with E-state index in [1.807, 2.05) is 12.1 Å². The number of carbonyl (C=O) groups excluding carboxylic acids is 1. The summed E-state index contributed by atoms with van der Waals surface area (Å²) in [6.45, 7) is 0.776. The standard InChI is InChI=1S/C22H25NO5/c1-25-17-8-6-16(12-19(17)26-2)22(9-3-4-10-22)13-23-21(24)15-5-7-18-20(11-15)28-14-27-18/h5-8,11-12H,3-4,9-10,13-14H2,1-2H3,(H,23,24). The minimum absolute atomic E-state index is 0.0917. The molecule has 148 valence electrons. The number of rotatable bonds is 6. The second kappa shape index (κ2) is 7.62. The molecule has 1 aliphatic carbocycles. The molecule has 1 heterocycles. The van der Waals surface area contributed by atoms with E-state index in [1.165, 1.54) is 5.56 Å². The minimum atomic E-state index is -0.106. The molecule has 1 aliphatic heterocycles. The lowest BCUT2D eigenvalue weighted by Crippen LogP contribution is -2.39. The van der Waals surface area contributed by atoms with Gasteiger partial charge in [-0.2, -0.15) is 0 Å². The van der Waals surface area contributed by atoms with E-state index < -0.39 is 0 Å². The topological polar surface area (TPSA) is 66.0 Å². The lowest BCUT2D eigenvalue weighted by atomic mass is 9.78. The maximum atomic E-state index is 12.7. The van der Waals surface area contributed by atoms with Crippen LogP contribution in [-0.4, -0.2) is 33.5 Å². The first kappa shape index (κ1) is 18.5. The van der Waals surface area contributed by atoms with Crippen molar-refractivity contribution in [1.82, 2.24) is 5.32 Å². The number of amides is 1. The third-order valence-corrected chi connectivity index (χ3v) is 5.78. The molecule has 0 spiro atoms. The van der Waals surface area contributed by atoms with Crippen LogP contribution in [0.4, 0.5) is 0 Å². The van der Waals surface area contributed by atoms with Crippen LogP contribution in [0.15, 0.2) is 36.4 Å². The molecule has 0 radical (unpaired) electrons. The molecule has 0 bridgehead atoms. The van der Waals surface area contributed by atoms with Gasteiger partial charge in [0.1, 0.15) is 0 Å². The van der Waals surface area contributed by atoms with Crippen LogP contribution in [0.3, 0.4) is 0 Å². The predicted molar refractivity (Wildman–Crippen MR) is 105 cm³/mol. The van der Waals surface area contributed by atoms with Crippen molar-refractivity contribution >= 4 is 5.91 Å². The minimum Gasteiger partial charge on any atom is -0.493 e. The van der Waals surface area contributed by atoms with Crippen LogP contribution in [0.25, 0.3) is 0 Å². The molecule has 1 fully saturated rings. The third kappa shape index (κ3) is 3.35. The summed E-state index contributed by atoms with van der Waals surface area (Å²) < 4.78 is 21.5. The summed E-state index contributed by atoms with van der Waals surface area (Å²) in [4.78, 5) is 12.7. The molecule has 0 saturated heterocycles. The van der Waals surface area contributed by atoms with E-state index in [0.29, 0.717) is 35.1 Å². The summed E-state index contributed by atoms with van der Waals surface area (Å²) in [6, 6.07) is 11.3. The number of ether oxygens (including phenoxy) is 4. The monoisotopic (exact) mass is 383 g/mol. The Hall–Kier alpha value is -2.89. The van der Waals surface area contributed by atoms with E-state index in [2.05, 4.69) is 11.4 Å². The van der Waals surface area contributed by atoms with E-state index >= 15 is 0 Å². The highest BCUT2D eigenvalue weighted by molar-refractivity contribution is 5.95. The Morgan fingerprint density at radius 1 is 1.00 bits per heavy atom. The van der Waals surface area contributed by atoms with Crippen LogP contribution in [0, 0.1) is 0 Å². The summed E-state index contributed by atoms with van der Waals surface area (Å²) in [6.07, 6.45) is 4.36. The third-order valence-electron chi connectivity index (χ3n) is 5.78. The van der Waals surface area contributed by atoms with Gasteiger partial charge in [-0.25, -0.2) is 0 Å². The van der Waals surface area contributed by atoms with Crippen molar-refractivity contribution in [2.75, 3.05) is 27.6 Å². The van der Waals surface area contributed by atoms with Gasteiger partial charge in [0.05, 0.1) is 14.2 Å². The van der Waals surface area contributed by atoms with Crippen molar-refractivity contribution < 1.29 is 23.7 Å². The molecule has 28 heavy (non-hydrogen) atoms. The molecule has 2 aromatic rings. The zero-order chi connectivity index (χ0) is 19.6. The van der Waals surface area contributed by atoms with Gasteiger partial charge >= 0.3 is 0 Å². The van der Waals surface area contributed by atoms with Gasteiger partial charge in [0.15, 0.2) is 23.0 Å². The zero-order valence-electron chi connectivity index (χ0n) is 16.2. The Balaban J connectivity index is 1.53. The fourth-order valence-corrected chi connectivity index (χ4v) is 4.17. The van der Waals surface area contributed by atoms with Gasteiger partial charge in [-0.15, -0.1) is 0 Å². The Kier molecular flexibility index (Phi) is 5.03. The molecular formula is C22H25NO5. The number of hydrogen-bond acceptors (Lipinski definition) is 5. The Morgan fingerprint density at radius 2 is 1.75 bits per heavy atom. The molecule has 0 unspecified atom stereocenters. The first-order valence-corrected chi connectivity index (χ1v) is 9.55. The van der Waals surface area contributed by atoms with E-state index in [0.717, 1.165) is 25.7 Å². The summed E-state index contributed by atoms with van der Waals surface area (Å²) >= 11 is 0. The normalized spacial score (nSPS) is 16.6. The average Bonchev–Trinajstić information content (AvgIpc) is 3.41. The van der Waals surface area contributed by atoms with E-state index in [4.69, 9.17) is 18.9 Å². The molecule has 1 amide bonds. The van der Waals surface area contributed by atoms with Gasteiger partial charge in [-0.1, -0.05) is 18.9 Å². The van der Waals surface area contributed by atoms with Crippen LogP contribution < -0.4 is 24.3 Å². The first-order chi connectivity index (χ1) is 13.6. The molecule has 0 atom stereocenters. The van der Waals surface area contributed by atoms with Crippen molar-refractivity contribution in [1.29, 1.82) is 0 Å². The summed E-state index contributed by atoms with van der Waals surface area (Å²) in [5.41, 5.74) is 1.66. The highest BCUT2D eigenvalue weighted by Gasteiger charge is 2.36. The lowest BCUT2D eigenvalue weighted by molar-refractivity contribution is 0.0942. The van der Waals surface area contributed by atoms with Gasteiger partial charge in [-0.05, 0) is 48.7 Å². The predicted octanol–water partition coefficient (Wildman–Crippen LogP) is 3.67. The van der Waals surface area contributed by atoms with Crippen LogP contribution >= 0.6 is 0 Å². The largest absolute Gasteiger partial charge is 0.493 e. The Labute approximate surface area is 164 Å². The molecule has 1 N–H and O–H groups in total. The maximum absolute atomic E-state index is 12.7. The second-order valence-electron chi connectivity index (χ2n) is 7.31. The van der Waals surface area contributed by atoms with Gasteiger partial charge < -0.3 is 24.3 Å². The van der Waals surface area contributed by atoms with Gasteiger partial charge in [0.25, 0.3) is 5.91 Å². The van der Waals surface area contributed by atoms with Crippen LogP contribution in [-0.2, 0) is 5.41 Å². The molecule has 1 saturated carbocycles. The highest BCUT2D eigenvalue weighted by Crippen LogP contribution is 2.43. The molecule has 6 nitrogen and oxygen atoms in total. The molecule has 6 heteroatoms. The van der Waals surface area contributed by atoms with Crippen molar-refractivity contribution in [3.63, 3.8) is 0 Å². The molecule has 4 rings (SSSR count). The first-order valence-electron chi connectivity index (χ1n) is 9.55. The Bertz CT molecular complexity index is 873. The van der Waals surface area contributed by atoms with Gasteiger partial charge in [-0.3, -0.25) is 4.79 Å². The zero-order valence-corrected chi connectivity index (χ0v) is 16.2. The fourth-order valence-electron chi connectivity index (χ4n) is 4.17. The van der Waals surface area contributed by atoms with Crippen molar-refractivity contribution in [3.8, 4) is 23.0 Å². The second-order valence-corrected chi connectivity index (χ2v) is 7.31. The average molecular weight is 383 g/mol. The fraction of sp³-hybridized carbons (Fsp3) is 0.409. The highest BCUT2D eigenvalue weighted by atomic mass is 16.7. The van der Waals surface area contributed by atoms with Crippen LogP contribution in [0.2, 0.25) is 0 Å². The van der Waals surface area contributed by atoms with Crippen molar-refractivity contribution in [3.05, 3.63) is 47.5 Å². The number of fused-ring (bicyclic) bond motifs is 1. The number of hydrogen-bond donors (Lipinski definition) is 1. The van der Waals surface area contributed by atoms with E-state index in [9.17, 15) is 4.79 Å². The maximum Gasteiger partial charge on any atom is 0.251 e.